The van der Waals surface area contributed by atoms with Crippen molar-refractivity contribution in [2.45, 2.75) is 13.3 Å². The van der Waals surface area contributed by atoms with E-state index in [1.807, 2.05) is 0 Å². The van der Waals surface area contributed by atoms with Gasteiger partial charge in [-0.25, -0.2) is 4.79 Å². The van der Waals surface area contributed by atoms with Gasteiger partial charge in [0.15, 0.2) is 0 Å². The highest BCUT2D eigenvalue weighted by molar-refractivity contribution is 6.30. The molecule has 0 bridgehead atoms. The summed E-state index contributed by atoms with van der Waals surface area (Å²) >= 11 is 5.86. The minimum Gasteiger partial charge on any atom is -0.466 e. The molecule has 0 aliphatic heterocycles. The number of anilines is 1. The Balaban J connectivity index is 2.60. The molecule has 5 nitrogen and oxygen atoms in total. The Morgan fingerprint density at radius 3 is 2.86 bits per heavy atom. The number of esters is 1. The summed E-state index contributed by atoms with van der Waals surface area (Å²) in [5.74, 6) is -0.331. The fraction of sp³-hybridized carbons (Fsp3) is 0.333. The van der Waals surface area contributed by atoms with Crippen LogP contribution in [-0.4, -0.2) is 36.6 Å². The fourth-order valence-electron chi connectivity index (χ4n) is 1.66. The van der Waals surface area contributed by atoms with Crippen molar-refractivity contribution in [3.63, 3.8) is 0 Å². The van der Waals surface area contributed by atoms with Crippen molar-refractivity contribution in [2.75, 3.05) is 25.0 Å². The number of carbonyl (C=O) groups is 2. The summed E-state index contributed by atoms with van der Waals surface area (Å²) < 4.78 is 4.84. The molecule has 0 aromatic heterocycles. The van der Waals surface area contributed by atoms with Crippen LogP contribution in [0.3, 0.4) is 0 Å². The summed E-state index contributed by atoms with van der Waals surface area (Å²) in [5.41, 5.74) is 0.595. The first-order valence-electron chi connectivity index (χ1n) is 6.64. The first-order chi connectivity index (χ1) is 10.1. The first kappa shape index (κ1) is 17.0. The predicted octanol–water partition coefficient (Wildman–Crippen LogP) is 3.31. The molecule has 0 aliphatic rings. The summed E-state index contributed by atoms with van der Waals surface area (Å²) in [6.45, 7) is 6.28. The van der Waals surface area contributed by atoms with Crippen LogP contribution in [-0.2, 0) is 9.53 Å². The molecule has 0 atom stereocenters. The molecule has 114 valence electrons. The standard InChI is InChI=1S/C15H19ClN2O3/c1-3-9-18(10-8-14(19)21-4-2)15(20)17-13-7-5-6-12(16)11-13/h3,5-7,11H,1,4,8-10H2,2H3,(H,17,20). The zero-order valence-electron chi connectivity index (χ0n) is 12.0. The highest BCUT2D eigenvalue weighted by Gasteiger charge is 2.14. The molecule has 0 fully saturated rings. The van der Waals surface area contributed by atoms with Gasteiger partial charge in [0.05, 0.1) is 13.0 Å². The minimum absolute atomic E-state index is 0.143. The van der Waals surface area contributed by atoms with Gasteiger partial charge in [-0.3, -0.25) is 4.79 Å². The van der Waals surface area contributed by atoms with Crippen molar-refractivity contribution in [2.24, 2.45) is 0 Å². The monoisotopic (exact) mass is 310 g/mol. The van der Waals surface area contributed by atoms with E-state index in [2.05, 4.69) is 11.9 Å². The molecule has 0 saturated heterocycles. The third kappa shape index (κ3) is 6.31. The number of rotatable bonds is 7. The molecule has 0 heterocycles. The Morgan fingerprint density at radius 1 is 1.48 bits per heavy atom. The van der Waals surface area contributed by atoms with Crippen LogP contribution in [0.5, 0.6) is 0 Å². The zero-order chi connectivity index (χ0) is 15.7. The SMILES string of the molecule is C=CCN(CCC(=O)OCC)C(=O)Nc1cccc(Cl)c1. The summed E-state index contributed by atoms with van der Waals surface area (Å²) in [7, 11) is 0. The van der Waals surface area contributed by atoms with Crippen LogP contribution in [0.25, 0.3) is 0 Å². The molecule has 1 aromatic rings. The van der Waals surface area contributed by atoms with Crippen LogP contribution < -0.4 is 5.32 Å². The molecule has 0 saturated carbocycles. The van der Waals surface area contributed by atoms with Crippen LogP contribution in [0.1, 0.15) is 13.3 Å². The Hall–Kier alpha value is -2.01. The number of carbonyl (C=O) groups excluding carboxylic acids is 2. The predicted molar refractivity (Wildman–Crippen MR) is 83.5 cm³/mol. The van der Waals surface area contributed by atoms with Crippen molar-refractivity contribution in [3.05, 3.63) is 41.9 Å². The number of hydrogen-bond donors (Lipinski definition) is 1. The fourth-order valence-corrected chi connectivity index (χ4v) is 1.85. The average Bonchev–Trinajstić information content (AvgIpc) is 2.43. The third-order valence-corrected chi connectivity index (χ3v) is 2.84. The average molecular weight is 311 g/mol. The third-order valence-electron chi connectivity index (χ3n) is 2.60. The van der Waals surface area contributed by atoms with E-state index in [1.165, 1.54) is 4.90 Å². The maximum atomic E-state index is 12.2. The van der Waals surface area contributed by atoms with Gasteiger partial charge in [0.25, 0.3) is 0 Å². The molecule has 1 aromatic carbocycles. The van der Waals surface area contributed by atoms with E-state index in [4.69, 9.17) is 16.3 Å². The van der Waals surface area contributed by atoms with E-state index in [1.54, 1.807) is 37.3 Å². The molecule has 1 rings (SSSR count). The Kier molecular flexibility index (Phi) is 7.32. The normalized spacial score (nSPS) is 9.81. The molecular formula is C15H19ClN2O3. The topological polar surface area (TPSA) is 58.6 Å². The summed E-state index contributed by atoms with van der Waals surface area (Å²) in [6, 6.07) is 6.54. The summed E-state index contributed by atoms with van der Waals surface area (Å²) in [5, 5.41) is 3.26. The molecule has 0 unspecified atom stereocenters. The maximum absolute atomic E-state index is 12.2. The quantitative estimate of drug-likeness (QED) is 0.621. The number of nitrogens with one attached hydrogen (secondary N) is 1. The van der Waals surface area contributed by atoms with Gasteiger partial charge in [0, 0.05) is 23.8 Å². The maximum Gasteiger partial charge on any atom is 0.322 e. The highest BCUT2D eigenvalue weighted by atomic mass is 35.5. The van der Waals surface area contributed by atoms with Crippen molar-refractivity contribution in [1.29, 1.82) is 0 Å². The molecule has 0 aliphatic carbocycles. The Bertz CT molecular complexity index is 505. The molecular weight excluding hydrogens is 292 g/mol. The molecule has 1 N–H and O–H groups in total. The van der Waals surface area contributed by atoms with Crippen LogP contribution >= 0.6 is 11.6 Å². The lowest BCUT2D eigenvalue weighted by atomic mass is 10.3. The van der Waals surface area contributed by atoms with Gasteiger partial charge in [-0.1, -0.05) is 23.7 Å². The van der Waals surface area contributed by atoms with E-state index in [0.717, 1.165) is 0 Å². The van der Waals surface area contributed by atoms with Crippen molar-refractivity contribution in [3.8, 4) is 0 Å². The molecule has 0 radical (unpaired) electrons. The van der Waals surface area contributed by atoms with E-state index in [-0.39, 0.29) is 25.0 Å². The highest BCUT2D eigenvalue weighted by Crippen LogP contribution is 2.15. The summed E-state index contributed by atoms with van der Waals surface area (Å²) in [4.78, 5) is 25.0. The van der Waals surface area contributed by atoms with Gasteiger partial charge in [-0.15, -0.1) is 6.58 Å². The van der Waals surface area contributed by atoms with Gasteiger partial charge in [0.1, 0.15) is 0 Å². The smallest absolute Gasteiger partial charge is 0.322 e. The number of benzene rings is 1. The van der Waals surface area contributed by atoms with Crippen molar-refractivity contribution in [1.82, 2.24) is 4.90 Å². The van der Waals surface area contributed by atoms with Crippen molar-refractivity contribution >= 4 is 29.3 Å². The second-order valence-corrected chi connectivity index (χ2v) is 4.67. The lowest BCUT2D eigenvalue weighted by molar-refractivity contribution is -0.143. The van der Waals surface area contributed by atoms with E-state index in [0.29, 0.717) is 23.9 Å². The van der Waals surface area contributed by atoms with Gasteiger partial charge < -0.3 is 15.0 Å². The number of hydrogen-bond acceptors (Lipinski definition) is 3. The van der Waals surface area contributed by atoms with Gasteiger partial charge in [-0.2, -0.15) is 0 Å². The van der Waals surface area contributed by atoms with Gasteiger partial charge >= 0.3 is 12.0 Å². The molecule has 2 amide bonds. The number of nitrogens with zero attached hydrogens (tertiary/aromatic N) is 1. The Morgan fingerprint density at radius 2 is 2.24 bits per heavy atom. The van der Waals surface area contributed by atoms with Crippen LogP contribution in [0.4, 0.5) is 10.5 Å². The van der Waals surface area contributed by atoms with Crippen LogP contribution in [0.2, 0.25) is 5.02 Å². The lowest BCUT2D eigenvalue weighted by Crippen LogP contribution is -2.36. The van der Waals surface area contributed by atoms with E-state index >= 15 is 0 Å². The zero-order valence-corrected chi connectivity index (χ0v) is 12.7. The van der Waals surface area contributed by atoms with E-state index in [9.17, 15) is 9.59 Å². The molecule has 6 heteroatoms. The molecule has 0 spiro atoms. The minimum atomic E-state index is -0.331. The lowest BCUT2D eigenvalue weighted by Gasteiger charge is -2.21. The van der Waals surface area contributed by atoms with Crippen molar-refractivity contribution < 1.29 is 14.3 Å². The van der Waals surface area contributed by atoms with Gasteiger partial charge in [0.2, 0.25) is 0 Å². The summed E-state index contributed by atoms with van der Waals surface area (Å²) in [6.07, 6.45) is 1.74. The second kappa shape index (κ2) is 9.02. The number of ether oxygens (including phenoxy) is 1. The number of amides is 2. The second-order valence-electron chi connectivity index (χ2n) is 4.23. The van der Waals surface area contributed by atoms with Crippen LogP contribution in [0.15, 0.2) is 36.9 Å². The Labute approximate surface area is 129 Å². The van der Waals surface area contributed by atoms with Crippen LogP contribution in [0, 0.1) is 0 Å². The first-order valence-corrected chi connectivity index (χ1v) is 7.02. The van der Waals surface area contributed by atoms with Gasteiger partial charge in [-0.05, 0) is 25.1 Å². The number of urea groups is 1. The largest absolute Gasteiger partial charge is 0.466 e. The molecule has 21 heavy (non-hydrogen) atoms. The van der Waals surface area contributed by atoms with E-state index < -0.39 is 0 Å². The number of halogens is 1.